The molecule has 5 nitrogen and oxygen atoms in total. The number of nitrogens with two attached hydrogens (primary N) is 1. The van der Waals surface area contributed by atoms with Crippen molar-refractivity contribution in [2.75, 3.05) is 5.73 Å². The van der Waals surface area contributed by atoms with Crippen LogP contribution in [-0.4, -0.2) is 4.92 Å². The molecule has 2 aromatic rings. The normalized spacial score (nSPS) is 12.1. The lowest BCUT2D eigenvalue weighted by Crippen LogP contribution is -2.03. The van der Waals surface area contributed by atoms with Crippen LogP contribution in [0.15, 0.2) is 35.7 Å². The highest BCUT2D eigenvalue weighted by molar-refractivity contribution is 7.10. The van der Waals surface area contributed by atoms with E-state index in [0.717, 1.165) is 4.88 Å². The Kier molecular flexibility index (Phi) is 3.47. The number of hydrogen-bond acceptors (Lipinski definition) is 5. The third-order valence-corrected chi connectivity index (χ3v) is 3.49. The quantitative estimate of drug-likeness (QED) is 0.521. The molecule has 18 heavy (non-hydrogen) atoms. The average Bonchev–Trinajstić information content (AvgIpc) is 2.85. The van der Waals surface area contributed by atoms with Crippen LogP contribution in [0.2, 0.25) is 0 Å². The molecule has 6 heteroatoms. The van der Waals surface area contributed by atoms with Gasteiger partial charge in [0.1, 0.15) is 11.9 Å². The van der Waals surface area contributed by atoms with Crippen LogP contribution in [0.4, 0.5) is 11.4 Å². The number of ether oxygens (including phenoxy) is 1. The first kappa shape index (κ1) is 12.4. The number of rotatable bonds is 4. The Morgan fingerprint density at radius 3 is 2.78 bits per heavy atom. The smallest absolute Gasteiger partial charge is 0.271 e. The first-order chi connectivity index (χ1) is 8.58. The molecule has 0 fully saturated rings. The largest absolute Gasteiger partial charge is 0.483 e. The Bertz CT molecular complexity index is 554. The van der Waals surface area contributed by atoms with Crippen LogP contribution in [-0.2, 0) is 0 Å². The summed E-state index contributed by atoms with van der Waals surface area (Å²) < 4.78 is 5.69. The second-order valence-electron chi connectivity index (χ2n) is 3.75. The van der Waals surface area contributed by atoms with Gasteiger partial charge in [-0.05, 0) is 24.4 Å². The zero-order valence-corrected chi connectivity index (χ0v) is 10.5. The number of thiophene rings is 1. The van der Waals surface area contributed by atoms with Crippen LogP contribution in [0.1, 0.15) is 17.9 Å². The highest BCUT2D eigenvalue weighted by atomic mass is 32.1. The Balaban J connectivity index is 2.17. The fourth-order valence-electron chi connectivity index (χ4n) is 1.53. The second-order valence-corrected chi connectivity index (χ2v) is 4.73. The van der Waals surface area contributed by atoms with Crippen molar-refractivity contribution < 1.29 is 9.66 Å². The van der Waals surface area contributed by atoms with Gasteiger partial charge in [-0.1, -0.05) is 6.07 Å². The molecule has 1 unspecified atom stereocenters. The van der Waals surface area contributed by atoms with E-state index in [0.29, 0.717) is 5.75 Å². The molecule has 0 spiro atoms. The summed E-state index contributed by atoms with van der Waals surface area (Å²) in [4.78, 5) is 11.2. The molecule has 1 atom stereocenters. The summed E-state index contributed by atoms with van der Waals surface area (Å²) in [5, 5.41) is 12.6. The zero-order valence-electron chi connectivity index (χ0n) is 9.70. The van der Waals surface area contributed by atoms with E-state index in [-0.39, 0.29) is 17.5 Å². The second kappa shape index (κ2) is 5.05. The summed E-state index contributed by atoms with van der Waals surface area (Å²) in [5.74, 6) is 0.460. The molecule has 0 saturated heterocycles. The maximum Gasteiger partial charge on any atom is 0.271 e. The molecule has 2 N–H and O–H groups in total. The van der Waals surface area contributed by atoms with Gasteiger partial charge in [0.2, 0.25) is 0 Å². The summed E-state index contributed by atoms with van der Waals surface area (Å²) in [5.41, 5.74) is 5.97. The highest BCUT2D eigenvalue weighted by Gasteiger charge is 2.13. The minimum Gasteiger partial charge on any atom is -0.483 e. The van der Waals surface area contributed by atoms with Crippen LogP contribution < -0.4 is 10.5 Å². The van der Waals surface area contributed by atoms with Crippen molar-refractivity contribution in [2.45, 2.75) is 13.0 Å². The standard InChI is InChI=1S/C12H12N2O3S/c1-8(12-3-2-6-18-12)17-11-5-4-9(14(15)16)7-10(11)13/h2-8H,13H2,1H3. The minimum atomic E-state index is -0.483. The molecule has 0 radical (unpaired) electrons. The van der Waals surface area contributed by atoms with Crippen LogP contribution in [0.25, 0.3) is 0 Å². The van der Waals surface area contributed by atoms with E-state index in [4.69, 9.17) is 10.5 Å². The summed E-state index contributed by atoms with van der Waals surface area (Å²) in [6.07, 6.45) is -0.131. The summed E-state index contributed by atoms with van der Waals surface area (Å²) in [6, 6.07) is 8.12. The van der Waals surface area contributed by atoms with Crippen molar-refractivity contribution in [1.29, 1.82) is 0 Å². The van der Waals surface area contributed by atoms with E-state index >= 15 is 0 Å². The minimum absolute atomic E-state index is 0.0383. The number of anilines is 1. The number of nitro groups is 1. The first-order valence-electron chi connectivity index (χ1n) is 5.32. The third-order valence-electron chi connectivity index (χ3n) is 2.45. The molecule has 0 bridgehead atoms. The lowest BCUT2D eigenvalue weighted by molar-refractivity contribution is -0.384. The number of nitrogen functional groups attached to an aromatic ring is 1. The van der Waals surface area contributed by atoms with Gasteiger partial charge in [0.05, 0.1) is 10.6 Å². The average molecular weight is 264 g/mol. The fourth-order valence-corrected chi connectivity index (χ4v) is 2.24. The monoisotopic (exact) mass is 264 g/mol. The van der Waals surface area contributed by atoms with Gasteiger partial charge in [-0.25, -0.2) is 0 Å². The molecule has 0 amide bonds. The van der Waals surface area contributed by atoms with Gasteiger partial charge < -0.3 is 10.5 Å². The maximum atomic E-state index is 10.6. The van der Waals surface area contributed by atoms with Crippen molar-refractivity contribution >= 4 is 22.7 Å². The Morgan fingerprint density at radius 2 is 2.22 bits per heavy atom. The van der Waals surface area contributed by atoms with Gasteiger partial charge in [0.15, 0.2) is 0 Å². The van der Waals surface area contributed by atoms with Crippen LogP contribution in [0.5, 0.6) is 5.75 Å². The molecule has 0 saturated carbocycles. The number of non-ortho nitro benzene ring substituents is 1. The Hall–Kier alpha value is -2.08. The zero-order chi connectivity index (χ0) is 13.1. The third kappa shape index (κ3) is 2.60. The Morgan fingerprint density at radius 1 is 1.44 bits per heavy atom. The predicted octanol–water partition coefficient (Wildman–Crippen LogP) is 3.38. The molecular formula is C12H12N2O3S. The maximum absolute atomic E-state index is 10.6. The summed E-state index contributed by atoms with van der Waals surface area (Å²) in [7, 11) is 0. The van der Waals surface area contributed by atoms with Crippen LogP contribution in [0, 0.1) is 10.1 Å². The molecule has 1 aromatic carbocycles. The molecule has 2 rings (SSSR count). The van der Waals surface area contributed by atoms with Crippen LogP contribution >= 0.6 is 11.3 Å². The van der Waals surface area contributed by atoms with Gasteiger partial charge in [-0.3, -0.25) is 10.1 Å². The van der Waals surface area contributed by atoms with Gasteiger partial charge in [0.25, 0.3) is 5.69 Å². The van der Waals surface area contributed by atoms with Crippen molar-refractivity contribution in [3.63, 3.8) is 0 Å². The summed E-state index contributed by atoms with van der Waals surface area (Å²) in [6.45, 7) is 1.91. The van der Waals surface area contributed by atoms with Gasteiger partial charge >= 0.3 is 0 Å². The van der Waals surface area contributed by atoms with E-state index < -0.39 is 4.92 Å². The number of nitro benzene ring substituents is 1. The van der Waals surface area contributed by atoms with Gasteiger partial charge in [-0.15, -0.1) is 11.3 Å². The van der Waals surface area contributed by atoms with E-state index in [2.05, 4.69) is 0 Å². The van der Waals surface area contributed by atoms with E-state index in [1.807, 2.05) is 24.4 Å². The van der Waals surface area contributed by atoms with Crippen molar-refractivity contribution in [3.05, 3.63) is 50.7 Å². The van der Waals surface area contributed by atoms with Crippen molar-refractivity contribution in [3.8, 4) is 5.75 Å². The van der Waals surface area contributed by atoms with Crippen molar-refractivity contribution in [2.24, 2.45) is 0 Å². The SMILES string of the molecule is CC(Oc1ccc([N+](=O)[O-])cc1N)c1cccs1. The first-order valence-corrected chi connectivity index (χ1v) is 6.20. The predicted molar refractivity (Wildman–Crippen MR) is 70.9 cm³/mol. The molecule has 0 aliphatic heterocycles. The lowest BCUT2D eigenvalue weighted by atomic mass is 10.2. The molecule has 0 aliphatic carbocycles. The molecule has 0 aliphatic rings. The van der Waals surface area contributed by atoms with Gasteiger partial charge in [-0.2, -0.15) is 0 Å². The molecule has 94 valence electrons. The van der Waals surface area contributed by atoms with E-state index in [1.54, 1.807) is 11.3 Å². The van der Waals surface area contributed by atoms with E-state index in [1.165, 1.54) is 18.2 Å². The van der Waals surface area contributed by atoms with Crippen molar-refractivity contribution in [1.82, 2.24) is 0 Å². The fraction of sp³-hybridized carbons (Fsp3) is 0.167. The van der Waals surface area contributed by atoms with E-state index in [9.17, 15) is 10.1 Å². The molecule has 1 heterocycles. The Labute approximate surface area is 108 Å². The number of nitrogens with zero attached hydrogens (tertiary/aromatic N) is 1. The summed E-state index contributed by atoms with van der Waals surface area (Å²) >= 11 is 1.59. The topological polar surface area (TPSA) is 78.4 Å². The number of benzene rings is 1. The van der Waals surface area contributed by atoms with Gasteiger partial charge in [0, 0.05) is 17.0 Å². The molecular weight excluding hydrogens is 252 g/mol. The van der Waals surface area contributed by atoms with Crippen LogP contribution in [0.3, 0.4) is 0 Å². The number of hydrogen-bond donors (Lipinski definition) is 1. The lowest BCUT2D eigenvalue weighted by Gasteiger charge is -2.14. The molecule has 1 aromatic heterocycles. The highest BCUT2D eigenvalue weighted by Crippen LogP contribution is 2.31.